The van der Waals surface area contributed by atoms with Gasteiger partial charge in [0.25, 0.3) is 11.8 Å². The van der Waals surface area contributed by atoms with E-state index in [2.05, 4.69) is 10.6 Å². The highest BCUT2D eigenvalue weighted by Gasteiger charge is 2.38. The molecule has 0 saturated carbocycles. The molecule has 0 unspecified atom stereocenters. The Hall–Kier alpha value is -2.80. The van der Waals surface area contributed by atoms with Crippen molar-refractivity contribution in [2.45, 2.75) is 49.9 Å². The molecular formula is C25H30N2O4S. The van der Waals surface area contributed by atoms with Crippen molar-refractivity contribution >= 4 is 29.5 Å². The van der Waals surface area contributed by atoms with Crippen LogP contribution in [0.15, 0.2) is 60.7 Å². The number of esters is 1. The summed E-state index contributed by atoms with van der Waals surface area (Å²) in [6.45, 7) is 2.20. The number of hydrogen-bond acceptors (Lipinski definition) is 5. The minimum atomic E-state index is -0.192. The number of thioether (sulfide) groups is 1. The summed E-state index contributed by atoms with van der Waals surface area (Å²) in [5.41, 5.74) is 1.20. The molecule has 1 aliphatic rings. The van der Waals surface area contributed by atoms with Crippen LogP contribution in [0, 0.1) is 0 Å². The van der Waals surface area contributed by atoms with Crippen LogP contribution >= 0.6 is 11.8 Å². The van der Waals surface area contributed by atoms with Gasteiger partial charge < -0.3 is 15.4 Å². The van der Waals surface area contributed by atoms with Gasteiger partial charge in [-0.15, -0.1) is 0 Å². The van der Waals surface area contributed by atoms with Crippen LogP contribution in [0.5, 0.6) is 0 Å². The Labute approximate surface area is 193 Å². The minimum Gasteiger partial charge on any atom is -0.466 e. The maximum Gasteiger partial charge on any atom is 0.305 e. The number of benzene rings is 2. The molecule has 1 aliphatic heterocycles. The Bertz CT molecular complexity index is 891. The molecular weight excluding hydrogens is 424 g/mol. The average molecular weight is 455 g/mol. The maximum atomic E-state index is 12.8. The SMILES string of the molecule is CCOC(=O)CCCC[C@@H]1SC[C@@H](NC(=O)c2ccccc2)[C@H]1NC(=O)c1ccccc1. The molecule has 2 N–H and O–H groups in total. The van der Waals surface area contributed by atoms with Gasteiger partial charge in [-0.25, -0.2) is 0 Å². The van der Waals surface area contributed by atoms with Crippen molar-refractivity contribution in [2.24, 2.45) is 0 Å². The third kappa shape index (κ3) is 6.85. The van der Waals surface area contributed by atoms with E-state index < -0.39 is 0 Å². The van der Waals surface area contributed by atoms with Crippen LogP contribution in [-0.4, -0.2) is 47.5 Å². The van der Waals surface area contributed by atoms with Gasteiger partial charge in [-0.1, -0.05) is 42.8 Å². The normalized spacial score (nSPS) is 19.8. The molecule has 170 valence electrons. The molecule has 6 nitrogen and oxygen atoms in total. The monoisotopic (exact) mass is 454 g/mol. The number of nitrogens with one attached hydrogen (secondary N) is 2. The van der Waals surface area contributed by atoms with Gasteiger partial charge in [-0.3, -0.25) is 14.4 Å². The average Bonchev–Trinajstić information content (AvgIpc) is 3.19. The highest BCUT2D eigenvalue weighted by molar-refractivity contribution is 8.00. The Balaban J connectivity index is 1.63. The first kappa shape index (κ1) is 23.9. The first-order valence-corrected chi connectivity index (χ1v) is 12.1. The Morgan fingerprint density at radius 2 is 1.50 bits per heavy atom. The van der Waals surface area contributed by atoms with Crippen LogP contribution in [0.2, 0.25) is 0 Å². The third-order valence-electron chi connectivity index (χ3n) is 5.43. The summed E-state index contributed by atoms with van der Waals surface area (Å²) >= 11 is 1.76. The lowest BCUT2D eigenvalue weighted by Crippen LogP contribution is -2.53. The van der Waals surface area contributed by atoms with Gasteiger partial charge in [0.2, 0.25) is 0 Å². The summed E-state index contributed by atoms with van der Waals surface area (Å²) in [6, 6.07) is 17.8. The summed E-state index contributed by atoms with van der Waals surface area (Å²) < 4.78 is 4.99. The van der Waals surface area contributed by atoms with E-state index in [1.807, 2.05) is 36.4 Å². The Kier molecular flexibility index (Phi) is 9.16. The molecule has 0 radical (unpaired) electrons. The van der Waals surface area contributed by atoms with Gasteiger partial charge in [0, 0.05) is 28.6 Å². The second-order valence-corrected chi connectivity index (χ2v) is 9.01. The topological polar surface area (TPSA) is 84.5 Å². The van der Waals surface area contributed by atoms with E-state index in [4.69, 9.17) is 4.74 Å². The van der Waals surface area contributed by atoms with Crippen molar-refractivity contribution < 1.29 is 19.1 Å². The van der Waals surface area contributed by atoms with Crippen LogP contribution in [-0.2, 0) is 9.53 Å². The highest BCUT2D eigenvalue weighted by Crippen LogP contribution is 2.32. The van der Waals surface area contributed by atoms with Crippen LogP contribution in [0.4, 0.5) is 0 Å². The largest absolute Gasteiger partial charge is 0.466 e. The van der Waals surface area contributed by atoms with Crippen LogP contribution in [0.25, 0.3) is 0 Å². The van der Waals surface area contributed by atoms with Crippen molar-refractivity contribution in [1.82, 2.24) is 10.6 Å². The van der Waals surface area contributed by atoms with E-state index in [9.17, 15) is 14.4 Å². The molecule has 2 aromatic rings. The summed E-state index contributed by atoms with van der Waals surface area (Å²) in [5, 5.41) is 6.42. The molecule has 2 aromatic carbocycles. The summed E-state index contributed by atoms with van der Waals surface area (Å²) in [6.07, 6.45) is 2.85. The van der Waals surface area contributed by atoms with Crippen molar-refractivity contribution in [3.63, 3.8) is 0 Å². The molecule has 0 bridgehead atoms. The van der Waals surface area contributed by atoms with Crippen molar-refractivity contribution in [2.75, 3.05) is 12.4 Å². The molecule has 2 amide bonds. The number of ether oxygens (including phenoxy) is 1. The lowest BCUT2D eigenvalue weighted by Gasteiger charge is -2.26. The van der Waals surface area contributed by atoms with E-state index in [1.165, 1.54) is 0 Å². The molecule has 7 heteroatoms. The Morgan fingerprint density at radius 1 is 0.906 bits per heavy atom. The number of carbonyl (C=O) groups is 3. The second-order valence-electron chi connectivity index (χ2n) is 7.73. The maximum absolute atomic E-state index is 12.8. The highest BCUT2D eigenvalue weighted by atomic mass is 32.2. The van der Waals surface area contributed by atoms with Gasteiger partial charge in [0.1, 0.15) is 0 Å². The van der Waals surface area contributed by atoms with Crippen LogP contribution < -0.4 is 10.6 Å². The van der Waals surface area contributed by atoms with E-state index in [0.717, 1.165) is 25.0 Å². The molecule has 3 rings (SSSR count). The number of amides is 2. The van der Waals surface area contributed by atoms with Gasteiger partial charge in [-0.2, -0.15) is 11.8 Å². The van der Waals surface area contributed by atoms with Crippen LogP contribution in [0.3, 0.4) is 0 Å². The smallest absolute Gasteiger partial charge is 0.305 e. The number of hydrogen-bond donors (Lipinski definition) is 2. The lowest BCUT2D eigenvalue weighted by molar-refractivity contribution is -0.143. The molecule has 32 heavy (non-hydrogen) atoms. The fourth-order valence-corrected chi connectivity index (χ4v) is 5.34. The van der Waals surface area contributed by atoms with Crippen molar-refractivity contribution in [1.29, 1.82) is 0 Å². The zero-order chi connectivity index (χ0) is 22.8. The molecule has 0 aliphatic carbocycles. The Morgan fingerprint density at radius 3 is 2.09 bits per heavy atom. The number of unbranched alkanes of at least 4 members (excludes halogenated alkanes) is 1. The third-order valence-corrected chi connectivity index (χ3v) is 6.94. The summed E-state index contributed by atoms with van der Waals surface area (Å²) in [5.74, 6) is 0.265. The van der Waals surface area contributed by atoms with Crippen molar-refractivity contribution in [3.05, 3.63) is 71.8 Å². The second kappa shape index (κ2) is 12.3. The van der Waals surface area contributed by atoms with Crippen LogP contribution in [0.1, 0.15) is 53.3 Å². The van der Waals surface area contributed by atoms with Gasteiger partial charge in [0.15, 0.2) is 0 Å². The van der Waals surface area contributed by atoms with Gasteiger partial charge >= 0.3 is 5.97 Å². The predicted octanol–water partition coefficient (Wildman–Crippen LogP) is 3.82. The zero-order valence-corrected chi connectivity index (χ0v) is 19.1. The molecule has 1 saturated heterocycles. The molecule has 0 spiro atoms. The van der Waals surface area contributed by atoms with Gasteiger partial charge in [0.05, 0.1) is 18.7 Å². The number of carbonyl (C=O) groups excluding carboxylic acids is 3. The standard InChI is InChI=1S/C25H30N2O4S/c1-2-31-22(28)16-10-9-15-21-23(27-25(30)19-13-7-4-8-14-19)20(17-32-21)26-24(29)18-11-5-3-6-12-18/h3-8,11-14,20-21,23H,2,9-10,15-17H2,1H3,(H,26,29)(H,27,30)/t20-,21+,23-/m1/s1. The number of rotatable bonds is 10. The van der Waals surface area contributed by atoms with Gasteiger partial charge in [-0.05, 0) is 44.0 Å². The van der Waals surface area contributed by atoms with E-state index >= 15 is 0 Å². The predicted molar refractivity (Wildman–Crippen MR) is 127 cm³/mol. The molecule has 1 heterocycles. The zero-order valence-electron chi connectivity index (χ0n) is 18.3. The molecule has 3 atom stereocenters. The quantitative estimate of drug-likeness (QED) is 0.421. The molecule has 1 fully saturated rings. The fourth-order valence-electron chi connectivity index (χ4n) is 3.80. The first-order valence-electron chi connectivity index (χ1n) is 11.1. The lowest BCUT2D eigenvalue weighted by atomic mass is 10.00. The van der Waals surface area contributed by atoms with Crippen molar-refractivity contribution in [3.8, 4) is 0 Å². The summed E-state index contributed by atoms with van der Waals surface area (Å²) in [7, 11) is 0. The summed E-state index contributed by atoms with van der Waals surface area (Å²) in [4.78, 5) is 37.1. The van der Waals surface area contributed by atoms with E-state index in [0.29, 0.717) is 24.2 Å². The van der Waals surface area contributed by atoms with E-state index in [-0.39, 0.29) is 35.1 Å². The fraction of sp³-hybridized carbons (Fsp3) is 0.400. The molecule has 0 aromatic heterocycles. The van der Waals surface area contributed by atoms with E-state index in [1.54, 1.807) is 43.0 Å². The minimum absolute atomic E-state index is 0.141. The first-order chi connectivity index (χ1) is 15.6.